The van der Waals surface area contributed by atoms with Gasteiger partial charge in [-0.25, -0.2) is 4.79 Å². The van der Waals surface area contributed by atoms with E-state index in [0.29, 0.717) is 17.7 Å². The van der Waals surface area contributed by atoms with Crippen molar-refractivity contribution in [3.8, 4) is 0 Å². The van der Waals surface area contributed by atoms with E-state index in [2.05, 4.69) is 26.6 Å². The van der Waals surface area contributed by atoms with Gasteiger partial charge in [-0.2, -0.15) is 0 Å². The molecule has 17 heteroatoms. The maximum Gasteiger partial charge on any atom is 0.312 e. The van der Waals surface area contributed by atoms with Crippen LogP contribution >= 0.6 is 0 Å². The van der Waals surface area contributed by atoms with Gasteiger partial charge < -0.3 is 46.9 Å². The van der Waals surface area contributed by atoms with Crippen LogP contribution in [0.2, 0.25) is 0 Å². The molecule has 1 aromatic rings. The number of imide groups is 1. The molecule has 0 unspecified atom stereocenters. The molecular formula is C32H47N7O10. The average molecular weight is 690 g/mol. The van der Waals surface area contributed by atoms with Crippen molar-refractivity contribution in [2.24, 2.45) is 11.7 Å². The van der Waals surface area contributed by atoms with Gasteiger partial charge in [-0.05, 0) is 36.5 Å². The van der Waals surface area contributed by atoms with Crippen molar-refractivity contribution in [3.05, 3.63) is 42.0 Å². The van der Waals surface area contributed by atoms with Crippen LogP contribution in [0.25, 0.3) is 0 Å². The van der Waals surface area contributed by atoms with Gasteiger partial charge in [-0.15, -0.1) is 0 Å². The van der Waals surface area contributed by atoms with Gasteiger partial charge in [-0.3, -0.25) is 33.7 Å². The minimum Gasteiger partial charge on any atom is -0.392 e. The summed E-state index contributed by atoms with van der Waals surface area (Å²) >= 11 is 0. The van der Waals surface area contributed by atoms with Crippen molar-refractivity contribution < 1.29 is 48.1 Å². The third-order valence-corrected chi connectivity index (χ3v) is 7.15. The molecule has 2 atom stereocenters. The smallest absolute Gasteiger partial charge is 0.312 e. The summed E-state index contributed by atoms with van der Waals surface area (Å²) in [5.41, 5.74) is 6.23. The fourth-order valence-corrected chi connectivity index (χ4v) is 4.45. The molecule has 270 valence electrons. The number of anilines is 1. The molecule has 0 saturated carbocycles. The van der Waals surface area contributed by atoms with Crippen molar-refractivity contribution in [1.82, 2.24) is 26.2 Å². The maximum atomic E-state index is 13.2. The second kappa shape index (κ2) is 21.9. The maximum absolute atomic E-state index is 13.2. The lowest BCUT2D eigenvalue weighted by molar-refractivity contribution is -0.137. The van der Waals surface area contributed by atoms with E-state index >= 15 is 0 Å². The Morgan fingerprint density at radius 1 is 0.816 bits per heavy atom. The predicted molar refractivity (Wildman–Crippen MR) is 176 cm³/mol. The summed E-state index contributed by atoms with van der Waals surface area (Å²) in [6.45, 7) is 4.44. The minimum absolute atomic E-state index is 0.000730. The molecule has 1 heterocycles. The number of urea groups is 1. The number of nitrogens with zero attached hydrogens (tertiary/aromatic N) is 1. The van der Waals surface area contributed by atoms with Crippen LogP contribution in [0, 0.1) is 5.92 Å². The lowest BCUT2D eigenvalue weighted by atomic mass is 10.0. The summed E-state index contributed by atoms with van der Waals surface area (Å²) in [7, 11) is 0. The van der Waals surface area contributed by atoms with Gasteiger partial charge in [0.25, 0.3) is 11.8 Å². The van der Waals surface area contributed by atoms with Crippen LogP contribution in [0.5, 0.6) is 0 Å². The van der Waals surface area contributed by atoms with E-state index in [0.717, 1.165) is 17.1 Å². The summed E-state index contributed by atoms with van der Waals surface area (Å²) in [6.07, 6.45) is 2.78. The molecule has 1 aromatic carbocycles. The zero-order valence-corrected chi connectivity index (χ0v) is 27.8. The highest BCUT2D eigenvalue weighted by Gasteiger charge is 2.29. The van der Waals surface area contributed by atoms with Crippen molar-refractivity contribution in [3.63, 3.8) is 0 Å². The topological polar surface area (TPSA) is 248 Å². The molecule has 0 bridgehead atoms. The number of primary amides is 1. The van der Waals surface area contributed by atoms with E-state index in [4.69, 9.17) is 15.2 Å². The number of aliphatic hydroxyl groups excluding tert-OH is 1. The zero-order chi connectivity index (χ0) is 36.2. The van der Waals surface area contributed by atoms with Crippen LogP contribution < -0.4 is 32.3 Å². The number of aliphatic hydroxyl groups is 1. The summed E-state index contributed by atoms with van der Waals surface area (Å²) in [5, 5.41) is 22.4. The summed E-state index contributed by atoms with van der Waals surface area (Å²) in [4.78, 5) is 85.9. The van der Waals surface area contributed by atoms with E-state index < -0.39 is 47.7 Å². The van der Waals surface area contributed by atoms with Gasteiger partial charge in [0.15, 0.2) is 0 Å². The standard InChI is InChI=1S/C32H47N7O10/c1-21(2)29(31(46)37-24(4-3-13-35-32(33)47)30(45)36-23-7-5-22(20-40)6-8-23)38-26(42)12-16-48-18-19-49-17-14-34-25(41)11-15-39-27(43)9-10-28(39)44/h5-10,21,24,29,40H,3-4,11-20H2,1-2H3,(H,34,41)(H,36,45)(H,37,46)(H,38,42)(H3,33,35,47)/t24-,29-/m0/s1. The van der Waals surface area contributed by atoms with E-state index in [-0.39, 0.29) is 83.8 Å². The van der Waals surface area contributed by atoms with Crippen LogP contribution in [0.1, 0.15) is 45.1 Å². The summed E-state index contributed by atoms with van der Waals surface area (Å²) in [6, 6.07) is 3.90. The van der Waals surface area contributed by atoms with Gasteiger partial charge in [-0.1, -0.05) is 26.0 Å². The van der Waals surface area contributed by atoms with Crippen molar-refractivity contribution >= 4 is 47.2 Å². The highest BCUT2D eigenvalue weighted by molar-refractivity contribution is 6.13. The molecule has 0 aromatic heterocycles. The Bertz CT molecular complexity index is 1300. The van der Waals surface area contributed by atoms with Crippen LogP contribution in [0.3, 0.4) is 0 Å². The Morgan fingerprint density at radius 3 is 2.08 bits per heavy atom. The van der Waals surface area contributed by atoms with Crippen LogP contribution in [-0.4, -0.2) is 110 Å². The van der Waals surface area contributed by atoms with Gasteiger partial charge in [0.1, 0.15) is 12.1 Å². The first-order valence-electron chi connectivity index (χ1n) is 16.0. The van der Waals surface area contributed by atoms with Gasteiger partial charge in [0.05, 0.1) is 33.0 Å². The summed E-state index contributed by atoms with van der Waals surface area (Å²) < 4.78 is 10.8. The minimum atomic E-state index is -0.988. The lowest BCUT2D eigenvalue weighted by Crippen LogP contribution is -2.54. The van der Waals surface area contributed by atoms with Crippen molar-refractivity contribution in [2.75, 3.05) is 51.4 Å². The van der Waals surface area contributed by atoms with Crippen LogP contribution in [0.15, 0.2) is 36.4 Å². The molecule has 8 amide bonds. The second-order valence-electron chi connectivity index (χ2n) is 11.4. The molecule has 0 saturated heterocycles. The first kappa shape index (κ1) is 40.3. The van der Waals surface area contributed by atoms with Crippen LogP contribution in [-0.2, 0) is 44.8 Å². The third kappa shape index (κ3) is 15.7. The third-order valence-electron chi connectivity index (χ3n) is 7.15. The lowest BCUT2D eigenvalue weighted by Gasteiger charge is -2.25. The van der Waals surface area contributed by atoms with E-state index in [1.54, 1.807) is 38.1 Å². The number of hydrogen-bond acceptors (Lipinski definition) is 10. The molecule has 1 aliphatic rings. The van der Waals surface area contributed by atoms with Gasteiger partial charge >= 0.3 is 6.03 Å². The molecule has 0 spiro atoms. The Labute approximate surface area is 284 Å². The van der Waals surface area contributed by atoms with E-state index in [1.165, 1.54) is 0 Å². The molecule has 0 fully saturated rings. The SMILES string of the molecule is CC(C)[C@H](NC(=O)CCOCCOCCNC(=O)CCN1C(=O)C=CC1=O)C(=O)N[C@@H](CCCNC(N)=O)C(=O)Nc1ccc(CO)cc1. The Morgan fingerprint density at radius 2 is 1.47 bits per heavy atom. The molecule has 0 radical (unpaired) electrons. The molecular weight excluding hydrogens is 642 g/mol. The average Bonchev–Trinajstić information content (AvgIpc) is 3.39. The van der Waals surface area contributed by atoms with E-state index in [1.807, 2.05) is 0 Å². The number of hydrogen-bond donors (Lipinski definition) is 7. The number of rotatable bonds is 23. The predicted octanol–water partition coefficient (Wildman–Crippen LogP) is -0.954. The molecule has 2 rings (SSSR count). The Balaban J connectivity index is 1.71. The fourth-order valence-electron chi connectivity index (χ4n) is 4.45. The van der Waals surface area contributed by atoms with E-state index in [9.17, 15) is 38.7 Å². The number of amides is 8. The van der Waals surface area contributed by atoms with Crippen molar-refractivity contribution in [1.29, 1.82) is 0 Å². The Hall–Kier alpha value is -4.87. The summed E-state index contributed by atoms with van der Waals surface area (Å²) in [5.74, 6) is -3.01. The first-order valence-corrected chi connectivity index (χ1v) is 16.0. The van der Waals surface area contributed by atoms with Crippen LogP contribution in [0.4, 0.5) is 10.5 Å². The molecule has 0 aliphatic carbocycles. The van der Waals surface area contributed by atoms with Gasteiger partial charge in [0.2, 0.25) is 23.6 Å². The van der Waals surface area contributed by atoms with Crippen molar-refractivity contribution in [2.45, 2.75) is 58.2 Å². The molecule has 49 heavy (non-hydrogen) atoms. The van der Waals surface area contributed by atoms with Gasteiger partial charge in [0, 0.05) is 50.3 Å². The molecule has 17 nitrogen and oxygen atoms in total. The zero-order valence-electron chi connectivity index (χ0n) is 27.8. The number of nitrogens with one attached hydrogen (secondary N) is 5. The number of ether oxygens (including phenoxy) is 2. The molecule has 1 aliphatic heterocycles. The quantitative estimate of drug-likeness (QED) is 0.0548. The Kier molecular flexibility index (Phi) is 18.0. The highest BCUT2D eigenvalue weighted by atomic mass is 16.5. The first-order chi connectivity index (χ1) is 23.4. The second-order valence-corrected chi connectivity index (χ2v) is 11.4. The number of benzene rings is 1. The number of carbonyl (C=O) groups is 7. The molecule has 8 N–H and O–H groups in total. The highest BCUT2D eigenvalue weighted by Crippen LogP contribution is 2.12. The number of nitrogens with two attached hydrogens (primary N) is 1. The normalized spacial score (nSPS) is 13.6. The number of carbonyl (C=O) groups excluding carboxylic acids is 7. The fraction of sp³-hybridized carbons (Fsp3) is 0.531. The largest absolute Gasteiger partial charge is 0.392 e. The monoisotopic (exact) mass is 689 g/mol.